The number of nitrogens with one attached hydrogen (secondary N) is 2. The molecule has 0 unspecified atom stereocenters. The summed E-state index contributed by atoms with van der Waals surface area (Å²) in [5.74, 6) is -3.68. The van der Waals surface area contributed by atoms with Crippen molar-refractivity contribution in [2.24, 2.45) is 0 Å². The maximum absolute atomic E-state index is 16.9. The fraction of sp³-hybridized carbons (Fsp3) is 0.359. The van der Waals surface area contributed by atoms with Gasteiger partial charge >= 0.3 is 0 Å². The van der Waals surface area contributed by atoms with E-state index in [-0.39, 0.29) is 66.6 Å². The van der Waals surface area contributed by atoms with E-state index in [1.165, 1.54) is 15.5 Å². The molecular weight excluding hydrogens is 694 g/mol. The molecule has 2 N–H and O–H groups in total. The number of aromatic nitrogens is 5. The third-order valence-electron chi connectivity index (χ3n) is 9.74. The van der Waals surface area contributed by atoms with E-state index < -0.39 is 35.1 Å². The number of amides is 2. The Kier molecular flexibility index (Phi) is 10.6. The van der Waals surface area contributed by atoms with E-state index in [4.69, 9.17) is 11.6 Å². The van der Waals surface area contributed by atoms with Crippen LogP contribution in [0.2, 0.25) is 0 Å². The Morgan fingerprint density at radius 2 is 1.91 bits per heavy atom. The molecule has 280 valence electrons. The fourth-order valence-corrected chi connectivity index (χ4v) is 7.13. The molecule has 0 radical (unpaired) electrons. The van der Waals surface area contributed by atoms with Gasteiger partial charge in [-0.3, -0.25) is 29.0 Å². The van der Waals surface area contributed by atoms with E-state index in [1.807, 2.05) is 58.8 Å². The molecule has 0 aliphatic carbocycles. The van der Waals surface area contributed by atoms with E-state index in [9.17, 15) is 14.0 Å². The lowest BCUT2D eigenvalue weighted by Crippen LogP contribution is -2.57. The predicted octanol–water partition coefficient (Wildman–Crippen LogP) is 4.91. The summed E-state index contributed by atoms with van der Waals surface area (Å²) in [6.45, 7) is 18.7. The number of piperazine rings is 1. The minimum Gasteiger partial charge on any atom is -0.366 e. The average Bonchev–Trinajstić information content (AvgIpc) is 3.60. The SMILES string of the molecule is [C-]#[N+]C[C@H]1CN(c2c(C(=O)NCCN(C)C)c(=O)n(-c3c(C)ccnc3C(C)C)c3nc(-c4c(C)ccc5[nH]ncc45)c(F)cc23)CCN1C(=O)C(=C)F. The van der Waals surface area contributed by atoms with Crippen LogP contribution in [-0.2, 0) is 4.79 Å². The number of rotatable bonds is 10. The van der Waals surface area contributed by atoms with E-state index in [1.54, 1.807) is 23.4 Å². The van der Waals surface area contributed by atoms with Gasteiger partial charge in [-0.05, 0) is 63.2 Å². The maximum Gasteiger partial charge on any atom is 0.282 e. The lowest BCUT2D eigenvalue weighted by molar-refractivity contribution is -0.131. The van der Waals surface area contributed by atoms with Gasteiger partial charge in [0.1, 0.15) is 23.1 Å². The number of H-pyrrole nitrogens is 1. The second-order valence-corrected chi connectivity index (χ2v) is 14.1. The lowest BCUT2D eigenvalue weighted by atomic mass is 9.98. The quantitative estimate of drug-likeness (QED) is 0.153. The molecule has 13 nitrogen and oxygen atoms in total. The number of halogens is 2. The summed E-state index contributed by atoms with van der Waals surface area (Å²) >= 11 is 0. The number of hydrogen-bond acceptors (Lipinski definition) is 8. The molecule has 1 fully saturated rings. The Balaban J connectivity index is 1.73. The number of pyridine rings is 3. The first-order chi connectivity index (χ1) is 25.7. The Labute approximate surface area is 311 Å². The molecule has 4 aromatic heterocycles. The van der Waals surface area contributed by atoms with E-state index in [0.29, 0.717) is 40.0 Å². The zero-order valence-electron chi connectivity index (χ0n) is 31.1. The van der Waals surface area contributed by atoms with Crippen molar-refractivity contribution in [3.63, 3.8) is 0 Å². The fourth-order valence-electron chi connectivity index (χ4n) is 7.13. The highest BCUT2D eigenvalue weighted by atomic mass is 19.1. The van der Waals surface area contributed by atoms with Crippen molar-refractivity contribution in [3.8, 4) is 16.9 Å². The number of carbonyl (C=O) groups excluding carboxylic acids is 2. The molecule has 6 rings (SSSR count). The van der Waals surface area contributed by atoms with Crippen LogP contribution < -0.4 is 15.8 Å². The van der Waals surface area contributed by atoms with Crippen LogP contribution >= 0.6 is 0 Å². The molecule has 0 bridgehead atoms. The van der Waals surface area contributed by atoms with Crippen molar-refractivity contribution in [3.05, 3.63) is 99.0 Å². The van der Waals surface area contributed by atoms with Gasteiger partial charge in [0, 0.05) is 55.3 Å². The number of nitrogens with zero attached hydrogens (tertiary/aromatic N) is 8. The van der Waals surface area contributed by atoms with Crippen molar-refractivity contribution in [1.29, 1.82) is 0 Å². The standard InChI is InChI=1S/C39H42F2N10O3/c1-21(2)32-34(23(4)11-12-43-32)51-36-26(17-28(41)33(46-36)30-22(3)9-10-29-27(30)19-45-47-29)35(31(39(51)54)37(52)44-13-14-48(7)8)49-15-16-50(38(53)24(5)40)25(20-49)18-42-6/h9-12,17,19,21,25H,5,13-16,18,20H2,1-4,7-8H3,(H,44,52)(H,45,47)/t25-/m0/s1. The molecule has 54 heavy (non-hydrogen) atoms. The van der Waals surface area contributed by atoms with Crippen molar-refractivity contribution in [1.82, 2.24) is 39.8 Å². The van der Waals surface area contributed by atoms with Gasteiger partial charge in [0.15, 0.2) is 11.5 Å². The molecule has 1 aliphatic heterocycles. The second-order valence-electron chi connectivity index (χ2n) is 14.1. The van der Waals surface area contributed by atoms with Gasteiger partial charge < -0.3 is 24.9 Å². The Hall–Kier alpha value is -6.01. The summed E-state index contributed by atoms with van der Waals surface area (Å²) in [6.07, 6.45) is 3.24. The van der Waals surface area contributed by atoms with Gasteiger partial charge in [-0.15, -0.1) is 0 Å². The van der Waals surface area contributed by atoms with Crippen LogP contribution in [0.4, 0.5) is 14.5 Å². The van der Waals surface area contributed by atoms with E-state index >= 15 is 9.18 Å². The normalized spacial score (nSPS) is 14.6. The first-order valence-electron chi connectivity index (χ1n) is 17.6. The molecular formula is C39H42F2N10O3. The van der Waals surface area contributed by atoms with Crippen LogP contribution in [0.15, 0.2) is 53.9 Å². The first-order valence-corrected chi connectivity index (χ1v) is 17.6. The number of hydrogen-bond donors (Lipinski definition) is 2. The third-order valence-corrected chi connectivity index (χ3v) is 9.74. The molecule has 1 atom stereocenters. The van der Waals surface area contributed by atoms with Crippen molar-refractivity contribution < 1.29 is 18.4 Å². The number of carbonyl (C=O) groups is 2. The number of aromatic amines is 1. The van der Waals surface area contributed by atoms with Gasteiger partial charge in [-0.2, -0.15) is 5.10 Å². The minimum atomic E-state index is -1.16. The number of anilines is 1. The zero-order valence-corrected chi connectivity index (χ0v) is 31.1. The predicted molar refractivity (Wildman–Crippen MR) is 204 cm³/mol. The highest BCUT2D eigenvalue weighted by Gasteiger charge is 2.38. The molecule has 5 heterocycles. The second kappa shape index (κ2) is 15.2. The topological polar surface area (TPSA) is 137 Å². The summed E-state index contributed by atoms with van der Waals surface area (Å²) in [6, 6.07) is 5.88. The molecule has 15 heteroatoms. The van der Waals surface area contributed by atoms with E-state index in [2.05, 4.69) is 31.9 Å². The number of aryl methyl sites for hydroxylation is 2. The van der Waals surface area contributed by atoms with Crippen LogP contribution in [0.5, 0.6) is 0 Å². The Morgan fingerprint density at radius 3 is 2.59 bits per heavy atom. The van der Waals surface area contributed by atoms with E-state index in [0.717, 1.165) is 5.56 Å². The van der Waals surface area contributed by atoms with Gasteiger partial charge in [0.05, 0.1) is 28.8 Å². The number of fused-ring (bicyclic) bond motifs is 2. The van der Waals surface area contributed by atoms with Crippen molar-refractivity contribution in [2.75, 3.05) is 58.3 Å². The molecule has 1 aliphatic rings. The van der Waals surface area contributed by atoms with Crippen LogP contribution in [0.25, 0.3) is 43.7 Å². The van der Waals surface area contributed by atoms with Crippen molar-refractivity contribution in [2.45, 2.75) is 39.7 Å². The van der Waals surface area contributed by atoms with Crippen LogP contribution in [0, 0.1) is 26.2 Å². The Bertz CT molecular complexity index is 2410. The molecule has 5 aromatic rings. The molecule has 2 amide bonds. The first kappa shape index (κ1) is 37.7. The van der Waals surface area contributed by atoms with Crippen LogP contribution in [0.1, 0.15) is 46.9 Å². The average molecular weight is 737 g/mol. The summed E-state index contributed by atoms with van der Waals surface area (Å²) in [5, 5.41) is 10.7. The molecule has 0 spiro atoms. The highest BCUT2D eigenvalue weighted by molar-refractivity contribution is 6.08. The highest BCUT2D eigenvalue weighted by Crippen LogP contribution is 2.38. The largest absolute Gasteiger partial charge is 0.366 e. The van der Waals surface area contributed by atoms with Gasteiger partial charge in [0.25, 0.3) is 17.4 Å². The molecule has 1 saturated heterocycles. The van der Waals surface area contributed by atoms with Crippen LogP contribution in [-0.4, -0.2) is 106 Å². The van der Waals surface area contributed by atoms with Gasteiger partial charge in [-0.25, -0.2) is 20.3 Å². The van der Waals surface area contributed by atoms with Gasteiger partial charge in [-0.1, -0.05) is 26.5 Å². The van der Waals surface area contributed by atoms with Gasteiger partial charge in [0.2, 0.25) is 6.54 Å². The minimum absolute atomic E-state index is 0.0234. The number of benzene rings is 1. The third kappa shape index (κ3) is 6.80. The summed E-state index contributed by atoms with van der Waals surface area (Å²) in [4.78, 5) is 60.3. The summed E-state index contributed by atoms with van der Waals surface area (Å²) in [5.41, 5.74) is 2.71. The molecule has 0 saturated carbocycles. The summed E-state index contributed by atoms with van der Waals surface area (Å²) in [7, 11) is 3.70. The maximum atomic E-state index is 16.9. The lowest BCUT2D eigenvalue weighted by Gasteiger charge is -2.41. The number of likely N-dealkylation sites (N-methyl/N-ethyl adjacent to an activating group) is 1. The monoisotopic (exact) mass is 736 g/mol. The summed E-state index contributed by atoms with van der Waals surface area (Å²) < 4.78 is 32.4. The van der Waals surface area contributed by atoms with Crippen LogP contribution in [0.3, 0.4) is 0 Å². The Morgan fingerprint density at radius 1 is 1.15 bits per heavy atom. The molecule has 1 aromatic carbocycles. The zero-order chi connectivity index (χ0) is 39.0. The van der Waals surface area contributed by atoms with Crippen molar-refractivity contribution >= 4 is 39.4 Å². The smallest absolute Gasteiger partial charge is 0.282 e.